The second-order valence-corrected chi connectivity index (χ2v) is 4.37. The first-order valence-corrected chi connectivity index (χ1v) is 5.85. The summed E-state index contributed by atoms with van der Waals surface area (Å²) in [6.45, 7) is 0.591. The standard InChI is InChI=1S/C13H12N4O2/c1-15-8-6-14-13(15)9-16-7-5-10-11(16)3-2-4-12(10)17(18)19/h2-8H,9H2,1H3. The topological polar surface area (TPSA) is 65.9 Å². The molecule has 3 aromatic rings. The lowest BCUT2D eigenvalue weighted by atomic mass is 10.2. The van der Waals surface area contributed by atoms with Crippen LogP contribution in [0.4, 0.5) is 5.69 Å². The molecule has 0 aliphatic rings. The lowest BCUT2D eigenvalue weighted by Crippen LogP contribution is -2.04. The molecule has 1 aromatic carbocycles. The number of nitrogens with zero attached hydrogens (tertiary/aromatic N) is 4. The van der Waals surface area contributed by atoms with Gasteiger partial charge in [0.1, 0.15) is 5.82 Å². The molecule has 0 aliphatic carbocycles. The Morgan fingerprint density at radius 3 is 2.84 bits per heavy atom. The minimum Gasteiger partial charge on any atom is -0.340 e. The monoisotopic (exact) mass is 256 g/mol. The first-order valence-electron chi connectivity index (χ1n) is 5.85. The summed E-state index contributed by atoms with van der Waals surface area (Å²) >= 11 is 0. The molecule has 2 heterocycles. The number of hydrogen-bond donors (Lipinski definition) is 0. The van der Waals surface area contributed by atoms with E-state index in [9.17, 15) is 10.1 Å². The largest absolute Gasteiger partial charge is 0.340 e. The molecule has 6 nitrogen and oxygen atoms in total. The first-order chi connectivity index (χ1) is 9.16. The van der Waals surface area contributed by atoms with E-state index in [1.54, 1.807) is 18.3 Å². The summed E-state index contributed by atoms with van der Waals surface area (Å²) < 4.78 is 3.90. The number of aryl methyl sites for hydroxylation is 1. The van der Waals surface area contributed by atoms with Crippen LogP contribution in [0.25, 0.3) is 10.9 Å². The van der Waals surface area contributed by atoms with Gasteiger partial charge in [-0.25, -0.2) is 4.98 Å². The van der Waals surface area contributed by atoms with E-state index in [1.165, 1.54) is 6.07 Å². The van der Waals surface area contributed by atoms with Crippen LogP contribution in [0.15, 0.2) is 42.9 Å². The number of aromatic nitrogens is 3. The molecule has 0 saturated heterocycles. The van der Waals surface area contributed by atoms with Crippen molar-refractivity contribution in [3.63, 3.8) is 0 Å². The zero-order valence-electron chi connectivity index (χ0n) is 10.4. The Balaban J connectivity index is 2.09. The molecule has 0 amide bonds. The fourth-order valence-electron chi connectivity index (χ4n) is 2.21. The Kier molecular flexibility index (Phi) is 2.56. The highest BCUT2D eigenvalue weighted by molar-refractivity contribution is 5.89. The van der Waals surface area contributed by atoms with Gasteiger partial charge in [-0.3, -0.25) is 10.1 Å². The van der Waals surface area contributed by atoms with Crippen molar-refractivity contribution in [3.05, 3.63) is 58.8 Å². The quantitative estimate of drug-likeness (QED) is 0.533. The molecule has 0 bridgehead atoms. The Morgan fingerprint density at radius 2 is 2.16 bits per heavy atom. The molecule has 0 radical (unpaired) electrons. The maximum atomic E-state index is 11.0. The van der Waals surface area contributed by atoms with Crippen LogP contribution in [0, 0.1) is 10.1 Å². The smallest absolute Gasteiger partial charge is 0.278 e. The summed E-state index contributed by atoms with van der Waals surface area (Å²) in [5.41, 5.74) is 0.980. The number of imidazole rings is 1. The van der Waals surface area contributed by atoms with E-state index < -0.39 is 0 Å². The van der Waals surface area contributed by atoms with Gasteiger partial charge in [0, 0.05) is 31.7 Å². The van der Waals surface area contributed by atoms with E-state index in [4.69, 9.17) is 0 Å². The summed E-state index contributed by atoms with van der Waals surface area (Å²) in [5.74, 6) is 0.906. The van der Waals surface area contributed by atoms with Crippen LogP contribution >= 0.6 is 0 Å². The molecular formula is C13H12N4O2. The zero-order valence-corrected chi connectivity index (χ0v) is 10.4. The third-order valence-electron chi connectivity index (χ3n) is 3.22. The molecule has 96 valence electrons. The minimum atomic E-state index is -0.354. The van der Waals surface area contributed by atoms with E-state index in [-0.39, 0.29) is 10.6 Å². The highest BCUT2D eigenvalue weighted by atomic mass is 16.6. The van der Waals surface area contributed by atoms with Gasteiger partial charge in [-0.05, 0) is 12.1 Å². The molecule has 0 unspecified atom stereocenters. The molecule has 0 fully saturated rings. The molecule has 2 aromatic heterocycles. The van der Waals surface area contributed by atoms with Crippen molar-refractivity contribution in [1.29, 1.82) is 0 Å². The fraction of sp³-hybridized carbons (Fsp3) is 0.154. The number of fused-ring (bicyclic) bond motifs is 1. The minimum absolute atomic E-state index is 0.135. The van der Waals surface area contributed by atoms with Gasteiger partial charge >= 0.3 is 0 Å². The summed E-state index contributed by atoms with van der Waals surface area (Å²) in [5, 5.41) is 11.6. The van der Waals surface area contributed by atoms with Crippen molar-refractivity contribution in [3.8, 4) is 0 Å². The molecule has 0 N–H and O–H groups in total. The van der Waals surface area contributed by atoms with Crippen molar-refractivity contribution in [2.45, 2.75) is 6.54 Å². The molecule has 0 atom stereocenters. The van der Waals surface area contributed by atoms with E-state index in [2.05, 4.69) is 4.98 Å². The van der Waals surface area contributed by atoms with Crippen LogP contribution in [0.2, 0.25) is 0 Å². The van der Waals surface area contributed by atoms with Crippen LogP contribution in [0.5, 0.6) is 0 Å². The Labute approximate surface area is 109 Å². The number of nitro groups is 1. The highest BCUT2D eigenvalue weighted by Gasteiger charge is 2.14. The average molecular weight is 256 g/mol. The SMILES string of the molecule is Cn1ccnc1Cn1ccc2c([N+](=O)[O-])cccc21. The second kappa shape index (κ2) is 4.24. The van der Waals surface area contributed by atoms with Gasteiger partial charge in [0.2, 0.25) is 0 Å². The van der Waals surface area contributed by atoms with Crippen molar-refractivity contribution >= 4 is 16.6 Å². The third-order valence-corrected chi connectivity index (χ3v) is 3.22. The van der Waals surface area contributed by atoms with Gasteiger partial charge < -0.3 is 9.13 Å². The molecule has 0 saturated carbocycles. The van der Waals surface area contributed by atoms with Crippen LogP contribution in [0.1, 0.15) is 5.82 Å². The number of benzene rings is 1. The van der Waals surface area contributed by atoms with Gasteiger partial charge in [-0.2, -0.15) is 0 Å². The normalized spacial score (nSPS) is 11.0. The van der Waals surface area contributed by atoms with E-state index in [1.807, 2.05) is 34.6 Å². The van der Waals surface area contributed by atoms with Crippen LogP contribution in [-0.2, 0) is 13.6 Å². The molecule has 6 heteroatoms. The lowest BCUT2D eigenvalue weighted by molar-refractivity contribution is -0.383. The van der Waals surface area contributed by atoms with Crippen LogP contribution in [-0.4, -0.2) is 19.0 Å². The van der Waals surface area contributed by atoms with Crippen LogP contribution < -0.4 is 0 Å². The van der Waals surface area contributed by atoms with Crippen molar-refractivity contribution < 1.29 is 4.92 Å². The molecule has 3 rings (SSSR count). The average Bonchev–Trinajstić information content (AvgIpc) is 2.97. The van der Waals surface area contributed by atoms with E-state index in [0.29, 0.717) is 11.9 Å². The van der Waals surface area contributed by atoms with Crippen LogP contribution in [0.3, 0.4) is 0 Å². The molecule has 0 aliphatic heterocycles. The summed E-state index contributed by atoms with van der Waals surface area (Å²) in [4.78, 5) is 14.9. The predicted molar refractivity (Wildman–Crippen MR) is 70.9 cm³/mol. The first kappa shape index (κ1) is 11.5. The number of hydrogen-bond acceptors (Lipinski definition) is 3. The second-order valence-electron chi connectivity index (χ2n) is 4.37. The van der Waals surface area contributed by atoms with Gasteiger partial charge in [0.25, 0.3) is 5.69 Å². The van der Waals surface area contributed by atoms with Gasteiger partial charge in [-0.1, -0.05) is 6.07 Å². The highest BCUT2D eigenvalue weighted by Crippen LogP contribution is 2.26. The Morgan fingerprint density at radius 1 is 1.32 bits per heavy atom. The predicted octanol–water partition coefficient (Wildman–Crippen LogP) is 2.33. The number of non-ortho nitro benzene ring substituents is 1. The van der Waals surface area contributed by atoms with E-state index >= 15 is 0 Å². The fourth-order valence-corrected chi connectivity index (χ4v) is 2.21. The number of rotatable bonds is 3. The van der Waals surface area contributed by atoms with Crippen molar-refractivity contribution in [2.75, 3.05) is 0 Å². The maximum Gasteiger partial charge on any atom is 0.278 e. The van der Waals surface area contributed by atoms with Crippen molar-refractivity contribution in [2.24, 2.45) is 7.05 Å². The lowest BCUT2D eigenvalue weighted by Gasteiger charge is -2.05. The molecular weight excluding hydrogens is 244 g/mol. The third kappa shape index (κ3) is 1.87. The van der Waals surface area contributed by atoms with Gasteiger partial charge in [-0.15, -0.1) is 0 Å². The van der Waals surface area contributed by atoms with Crippen molar-refractivity contribution in [1.82, 2.24) is 14.1 Å². The molecule has 19 heavy (non-hydrogen) atoms. The van der Waals surface area contributed by atoms with Gasteiger partial charge in [0.05, 0.1) is 22.4 Å². The summed E-state index contributed by atoms with van der Waals surface area (Å²) in [6.07, 6.45) is 5.47. The Bertz CT molecular complexity index is 757. The summed E-state index contributed by atoms with van der Waals surface area (Å²) in [6, 6.07) is 6.88. The number of nitro benzene ring substituents is 1. The Hall–Kier alpha value is -2.63. The zero-order chi connectivity index (χ0) is 13.4. The van der Waals surface area contributed by atoms with Gasteiger partial charge in [0.15, 0.2) is 0 Å². The summed E-state index contributed by atoms with van der Waals surface area (Å²) in [7, 11) is 1.93. The maximum absolute atomic E-state index is 11.0. The molecule has 0 spiro atoms. The van der Waals surface area contributed by atoms with E-state index in [0.717, 1.165) is 11.3 Å².